The van der Waals surface area contributed by atoms with Gasteiger partial charge in [-0.25, -0.2) is 8.42 Å². The molecule has 0 unspecified atom stereocenters. The molecule has 2 atom stereocenters. The fourth-order valence-electron chi connectivity index (χ4n) is 3.92. The maximum Gasteiger partial charge on any atom is 0.244 e. The van der Waals surface area contributed by atoms with E-state index in [1.165, 1.54) is 4.90 Å². The van der Waals surface area contributed by atoms with Crippen molar-refractivity contribution in [3.05, 3.63) is 64.2 Å². The molecule has 0 fully saturated rings. The lowest BCUT2D eigenvalue weighted by atomic mass is 10.1. The number of carbonyl (C=O) groups excluding carboxylic acids is 2. The second-order valence-electron chi connectivity index (χ2n) is 8.90. The van der Waals surface area contributed by atoms with Crippen LogP contribution in [0.4, 0.5) is 5.69 Å². The lowest BCUT2D eigenvalue weighted by Gasteiger charge is -2.34. The molecule has 0 spiro atoms. The molecule has 1 N–H and O–H groups in total. The minimum Gasteiger partial charge on any atom is -0.352 e. The second-order valence-corrected chi connectivity index (χ2v) is 11.2. The van der Waals surface area contributed by atoms with Crippen molar-refractivity contribution in [1.82, 2.24) is 10.2 Å². The molecule has 0 saturated carbocycles. The van der Waals surface area contributed by atoms with Crippen LogP contribution in [0.25, 0.3) is 0 Å². The number of nitrogens with zero attached hydrogens (tertiary/aromatic N) is 2. The molecule has 0 aliphatic carbocycles. The highest BCUT2D eigenvalue weighted by Gasteiger charge is 2.32. The van der Waals surface area contributed by atoms with E-state index in [9.17, 15) is 18.0 Å². The van der Waals surface area contributed by atoms with Gasteiger partial charge < -0.3 is 10.2 Å². The summed E-state index contributed by atoms with van der Waals surface area (Å²) in [6.07, 6.45) is 2.22. The van der Waals surface area contributed by atoms with E-state index in [2.05, 4.69) is 5.32 Å². The van der Waals surface area contributed by atoms with E-state index in [1.54, 1.807) is 24.3 Å². The lowest BCUT2D eigenvalue weighted by molar-refractivity contribution is -0.140. The second kappa shape index (κ2) is 12.4. The summed E-state index contributed by atoms with van der Waals surface area (Å²) >= 11 is 6.02. The largest absolute Gasteiger partial charge is 0.352 e. The van der Waals surface area contributed by atoms with Crippen molar-refractivity contribution in [3.63, 3.8) is 0 Å². The standard InChI is InChI=1S/C26H36ClN3O4S/c1-7-20(5)28-26(32)23(8-2)29(16-21-12-14-22(27)15-13-21)24(31)17-30(35(6,33)34)25-18(3)10-9-11-19(25)4/h9-15,20,23H,7-8,16-17H2,1-6H3,(H,28,32)/t20-,23+/m0/s1. The number of halogens is 1. The number of anilines is 1. The molecule has 0 saturated heterocycles. The van der Waals surface area contributed by atoms with Gasteiger partial charge in [-0.2, -0.15) is 0 Å². The molecule has 0 heterocycles. The monoisotopic (exact) mass is 521 g/mol. The molecule has 192 valence electrons. The molecule has 9 heteroatoms. The number of hydrogen-bond donors (Lipinski definition) is 1. The zero-order chi connectivity index (χ0) is 26.3. The van der Waals surface area contributed by atoms with Gasteiger partial charge in [0.15, 0.2) is 0 Å². The van der Waals surface area contributed by atoms with Crippen LogP contribution in [0, 0.1) is 13.8 Å². The van der Waals surface area contributed by atoms with Crippen LogP contribution in [0.2, 0.25) is 5.02 Å². The molecule has 0 radical (unpaired) electrons. The van der Waals surface area contributed by atoms with Gasteiger partial charge in [-0.05, 0) is 62.4 Å². The van der Waals surface area contributed by atoms with Gasteiger partial charge in [0.25, 0.3) is 0 Å². The summed E-state index contributed by atoms with van der Waals surface area (Å²) in [5.41, 5.74) is 2.76. The molecule has 0 aliphatic rings. The first kappa shape index (κ1) is 28.7. The van der Waals surface area contributed by atoms with Crippen LogP contribution in [0.1, 0.15) is 50.3 Å². The van der Waals surface area contributed by atoms with E-state index < -0.39 is 28.5 Å². The Morgan fingerprint density at radius 2 is 1.57 bits per heavy atom. The first-order chi connectivity index (χ1) is 16.4. The number of rotatable bonds is 11. The van der Waals surface area contributed by atoms with E-state index in [0.717, 1.165) is 33.7 Å². The number of amides is 2. The highest BCUT2D eigenvalue weighted by molar-refractivity contribution is 7.92. The Kier molecular flexibility index (Phi) is 10.2. The van der Waals surface area contributed by atoms with E-state index in [0.29, 0.717) is 17.1 Å². The minimum atomic E-state index is -3.78. The van der Waals surface area contributed by atoms with Gasteiger partial charge >= 0.3 is 0 Å². The first-order valence-electron chi connectivity index (χ1n) is 11.8. The Bertz CT molecular complexity index is 1120. The third-order valence-corrected chi connectivity index (χ3v) is 7.39. The molecule has 2 aromatic rings. The Morgan fingerprint density at radius 3 is 2.06 bits per heavy atom. The predicted octanol–water partition coefficient (Wildman–Crippen LogP) is 4.44. The Hall–Kier alpha value is -2.58. The minimum absolute atomic E-state index is 0.0498. The van der Waals surface area contributed by atoms with E-state index in [-0.39, 0.29) is 18.5 Å². The zero-order valence-electron chi connectivity index (χ0n) is 21.3. The summed E-state index contributed by atoms with van der Waals surface area (Å²) in [7, 11) is -3.78. The normalized spacial score (nSPS) is 13.1. The van der Waals surface area contributed by atoms with Crippen LogP contribution < -0.4 is 9.62 Å². The van der Waals surface area contributed by atoms with Gasteiger partial charge in [-0.3, -0.25) is 13.9 Å². The SMILES string of the molecule is CC[C@H](C(=O)N[C@@H](C)CC)N(Cc1ccc(Cl)cc1)C(=O)CN(c1c(C)cccc1C)S(C)(=O)=O. The summed E-state index contributed by atoms with van der Waals surface area (Å²) in [6.45, 7) is 9.07. The molecule has 2 aromatic carbocycles. The molecule has 0 aliphatic heterocycles. The van der Waals surface area contributed by atoms with Crippen molar-refractivity contribution in [3.8, 4) is 0 Å². The molecule has 7 nitrogen and oxygen atoms in total. The zero-order valence-corrected chi connectivity index (χ0v) is 22.9. The molecule has 0 bridgehead atoms. The highest BCUT2D eigenvalue weighted by Crippen LogP contribution is 2.27. The third-order valence-electron chi connectivity index (χ3n) is 6.02. The van der Waals surface area contributed by atoms with Gasteiger partial charge in [0.05, 0.1) is 11.9 Å². The fraction of sp³-hybridized carbons (Fsp3) is 0.462. The van der Waals surface area contributed by atoms with Gasteiger partial charge in [-0.15, -0.1) is 0 Å². The average Bonchev–Trinajstić information content (AvgIpc) is 2.78. The number of carbonyl (C=O) groups is 2. The average molecular weight is 522 g/mol. The van der Waals surface area contributed by atoms with E-state index >= 15 is 0 Å². The van der Waals surface area contributed by atoms with Crippen molar-refractivity contribution in [2.45, 2.75) is 66.1 Å². The van der Waals surface area contributed by atoms with Gasteiger partial charge in [0, 0.05) is 17.6 Å². The van der Waals surface area contributed by atoms with Crippen molar-refractivity contribution in [1.29, 1.82) is 0 Å². The van der Waals surface area contributed by atoms with Crippen LogP contribution in [0.15, 0.2) is 42.5 Å². The maximum atomic E-state index is 13.7. The topological polar surface area (TPSA) is 86.8 Å². The lowest BCUT2D eigenvalue weighted by Crippen LogP contribution is -2.53. The van der Waals surface area contributed by atoms with Gasteiger partial charge in [0.2, 0.25) is 21.8 Å². The first-order valence-corrected chi connectivity index (χ1v) is 14.0. The predicted molar refractivity (Wildman–Crippen MR) is 142 cm³/mol. The molecule has 2 amide bonds. The third kappa shape index (κ3) is 7.70. The van der Waals surface area contributed by atoms with Crippen molar-refractivity contribution >= 4 is 39.1 Å². The van der Waals surface area contributed by atoms with Crippen molar-refractivity contribution in [2.75, 3.05) is 17.1 Å². The van der Waals surface area contributed by atoms with E-state index in [4.69, 9.17) is 11.6 Å². The summed E-state index contributed by atoms with van der Waals surface area (Å²) in [5.74, 6) is -0.721. The molecular weight excluding hydrogens is 486 g/mol. The van der Waals surface area contributed by atoms with E-state index in [1.807, 2.05) is 52.8 Å². The summed E-state index contributed by atoms with van der Waals surface area (Å²) in [4.78, 5) is 28.3. The number of sulfonamides is 1. The summed E-state index contributed by atoms with van der Waals surface area (Å²) in [6, 6.07) is 11.7. The van der Waals surface area contributed by atoms with Crippen LogP contribution >= 0.6 is 11.6 Å². The van der Waals surface area contributed by atoms with Gasteiger partial charge in [-0.1, -0.05) is 55.8 Å². The number of nitrogens with one attached hydrogen (secondary N) is 1. The van der Waals surface area contributed by atoms with Crippen LogP contribution in [-0.4, -0.2) is 50.0 Å². The molecule has 2 rings (SSSR count). The summed E-state index contributed by atoms with van der Waals surface area (Å²) in [5, 5.41) is 3.52. The number of para-hydroxylation sites is 1. The maximum absolute atomic E-state index is 13.7. The molecule has 0 aromatic heterocycles. The number of benzene rings is 2. The highest BCUT2D eigenvalue weighted by atomic mass is 35.5. The quantitative estimate of drug-likeness (QED) is 0.473. The van der Waals surface area contributed by atoms with Crippen LogP contribution in [-0.2, 0) is 26.2 Å². The summed E-state index contributed by atoms with van der Waals surface area (Å²) < 4.78 is 26.8. The molecular formula is C26H36ClN3O4S. The molecule has 35 heavy (non-hydrogen) atoms. The van der Waals surface area contributed by atoms with Crippen LogP contribution in [0.5, 0.6) is 0 Å². The Labute approximate surface area is 214 Å². The number of hydrogen-bond acceptors (Lipinski definition) is 4. The smallest absolute Gasteiger partial charge is 0.244 e. The van der Waals surface area contributed by atoms with Crippen molar-refractivity contribution in [2.24, 2.45) is 0 Å². The Morgan fingerprint density at radius 1 is 1.00 bits per heavy atom. The van der Waals surface area contributed by atoms with Crippen LogP contribution in [0.3, 0.4) is 0 Å². The van der Waals surface area contributed by atoms with Crippen molar-refractivity contribution < 1.29 is 18.0 Å². The number of aryl methyl sites for hydroxylation is 2. The van der Waals surface area contributed by atoms with Gasteiger partial charge in [0.1, 0.15) is 12.6 Å². The fourth-order valence-corrected chi connectivity index (χ4v) is 5.01. The Balaban J connectivity index is 2.49.